The zero-order valence-corrected chi connectivity index (χ0v) is 19.2. The number of nitrogens with two attached hydrogens (primary N) is 1. The molecule has 33 heavy (non-hydrogen) atoms. The monoisotopic (exact) mass is 493 g/mol. The molecule has 1 fully saturated rings. The van der Waals surface area contributed by atoms with Gasteiger partial charge in [-0.1, -0.05) is 35.9 Å². The summed E-state index contributed by atoms with van der Waals surface area (Å²) in [5.74, 6) is -1.32. The Balaban J connectivity index is 1.64. The third-order valence-corrected chi connectivity index (χ3v) is 7.34. The molecule has 0 bridgehead atoms. The van der Waals surface area contributed by atoms with Crippen LogP contribution in [0, 0.1) is 0 Å². The molecular weight excluding hydrogens is 470 g/mol. The number of sulfonamides is 1. The van der Waals surface area contributed by atoms with Gasteiger partial charge in [-0.05, 0) is 42.7 Å². The fraction of sp³-hybridized carbons (Fsp3) is 0.286. The van der Waals surface area contributed by atoms with Gasteiger partial charge >= 0.3 is 6.03 Å². The molecule has 1 aliphatic rings. The van der Waals surface area contributed by atoms with Gasteiger partial charge in [0.25, 0.3) is 5.91 Å². The van der Waals surface area contributed by atoms with E-state index in [0.29, 0.717) is 23.7 Å². The van der Waals surface area contributed by atoms with E-state index in [1.807, 2.05) is 0 Å². The molecule has 0 aromatic heterocycles. The standard InChI is InChI=1S/C21H24ClN5O5S/c22-17-9-2-1-8-16(17)18(24-21(23)30)13-19(28)25-26-20(29)14-6-5-7-15(12-14)33(31,32)27-10-3-4-11-27/h1-2,5-9,12,18H,3-4,10-11,13H2,(H,25,28)(H,26,29)(H3,23,24,30)/t18-/m1/s1. The molecule has 1 saturated heterocycles. The number of nitrogens with zero attached hydrogens (tertiary/aromatic N) is 1. The fourth-order valence-corrected chi connectivity index (χ4v) is 5.31. The summed E-state index contributed by atoms with van der Waals surface area (Å²) in [7, 11) is -3.69. The van der Waals surface area contributed by atoms with Crippen LogP contribution < -0.4 is 21.9 Å². The number of amides is 4. The molecule has 1 heterocycles. The van der Waals surface area contributed by atoms with E-state index in [4.69, 9.17) is 17.3 Å². The van der Waals surface area contributed by atoms with Crippen molar-refractivity contribution in [3.05, 3.63) is 64.7 Å². The summed E-state index contributed by atoms with van der Waals surface area (Å²) in [6, 6.07) is 10.6. The van der Waals surface area contributed by atoms with Crippen molar-refractivity contribution in [2.75, 3.05) is 13.1 Å². The average molecular weight is 494 g/mol. The number of benzene rings is 2. The summed E-state index contributed by atoms with van der Waals surface area (Å²) in [6.45, 7) is 0.890. The van der Waals surface area contributed by atoms with Crippen molar-refractivity contribution in [2.45, 2.75) is 30.2 Å². The van der Waals surface area contributed by atoms with Crippen LogP contribution in [0.2, 0.25) is 5.02 Å². The number of hydrogen-bond donors (Lipinski definition) is 4. The van der Waals surface area contributed by atoms with Gasteiger partial charge in [0.05, 0.1) is 17.4 Å². The van der Waals surface area contributed by atoms with Crippen molar-refractivity contribution in [2.24, 2.45) is 5.73 Å². The van der Waals surface area contributed by atoms with E-state index < -0.39 is 33.9 Å². The molecule has 1 aliphatic heterocycles. The van der Waals surface area contributed by atoms with Crippen molar-refractivity contribution >= 4 is 39.5 Å². The first kappa shape index (κ1) is 24.5. The Labute approximate surface area is 196 Å². The minimum Gasteiger partial charge on any atom is -0.352 e. The number of rotatable bonds is 7. The van der Waals surface area contributed by atoms with Crippen LogP contribution in [0.3, 0.4) is 0 Å². The Morgan fingerprint density at radius 2 is 1.73 bits per heavy atom. The van der Waals surface area contributed by atoms with Crippen LogP contribution in [0.4, 0.5) is 4.79 Å². The van der Waals surface area contributed by atoms with Gasteiger partial charge in [-0.25, -0.2) is 13.2 Å². The molecular formula is C21H24ClN5O5S. The van der Waals surface area contributed by atoms with Crippen LogP contribution in [0.5, 0.6) is 0 Å². The number of halogens is 1. The second kappa shape index (κ2) is 10.6. The van der Waals surface area contributed by atoms with Gasteiger partial charge in [0.2, 0.25) is 15.9 Å². The van der Waals surface area contributed by atoms with E-state index in [2.05, 4.69) is 16.2 Å². The van der Waals surface area contributed by atoms with E-state index in [-0.39, 0.29) is 16.9 Å². The molecule has 0 aliphatic carbocycles. The first-order valence-electron chi connectivity index (χ1n) is 10.2. The largest absolute Gasteiger partial charge is 0.352 e. The fourth-order valence-electron chi connectivity index (χ4n) is 3.48. The van der Waals surface area contributed by atoms with Gasteiger partial charge in [-0.15, -0.1) is 0 Å². The zero-order valence-electron chi connectivity index (χ0n) is 17.6. The summed E-state index contributed by atoms with van der Waals surface area (Å²) in [5.41, 5.74) is 10.3. The SMILES string of the molecule is NC(=O)N[C@H](CC(=O)NNC(=O)c1cccc(S(=O)(=O)N2CCCC2)c1)c1ccccc1Cl. The van der Waals surface area contributed by atoms with Gasteiger partial charge in [0.1, 0.15) is 0 Å². The zero-order chi connectivity index (χ0) is 24.0. The molecule has 0 radical (unpaired) electrons. The van der Waals surface area contributed by atoms with Gasteiger partial charge in [-0.3, -0.25) is 20.4 Å². The predicted octanol–water partition coefficient (Wildman–Crippen LogP) is 1.69. The van der Waals surface area contributed by atoms with Crippen LogP contribution in [0.15, 0.2) is 53.4 Å². The van der Waals surface area contributed by atoms with Crippen LogP contribution in [0.1, 0.15) is 41.2 Å². The van der Waals surface area contributed by atoms with Crippen molar-refractivity contribution in [1.29, 1.82) is 0 Å². The number of carbonyl (C=O) groups excluding carboxylic acids is 3. The lowest BCUT2D eigenvalue weighted by atomic mass is 10.0. The minimum atomic E-state index is -3.69. The van der Waals surface area contributed by atoms with Gasteiger partial charge in [0.15, 0.2) is 0 Å². The van der Waals surface area contributed by atoms with Crippen molar-refractivity contribution in [1.82, 2.24) is 20.5 Å². The molecule has 4 amide bonds. The van der Waals surface area contributed by atoms with Crippen LogP contribution in [-0.4, -0.2) is 43.7 Å². The third-order valence-electron chi connectivity index (χ3n) is 5.10. The number of urea groups is 1. The first-order chi connectivity index (χ1) is 15.7. The highest BCUT2D eigenvalue weighted by Crippen LogP contribution is 2.25. The Morgan fingerprint density at radius 3 is 2.39 bits per heavy atom. The lowest BCUT2D eigenvalue weighted by Crippen LogP contribution is -2.44. The summed E-state index contributed by atoms with van der Waals surface area (Å²) in [6.07, 6.45) is 1.34. The van der Waals surface area contributed by atoms with Crippen molar-refractivity contribution < 1.29 is 22.8 Å². The predicted molar refractivity (Wildman–Crippen MR) is 122 cm³/mol. The molecule has 0 spiro atoms. The molecule has 176 valence electrons. The summed E-state index contributed by atoms with van der Waals surface area (Å²) >= 11 is 6.15. The van der Waals surface area contributed by atoms with Crippen LogP contribution in [0.25, 0.3) is 0 Å². The lowest BCUT2D eigenvalue weighted by Gasteiger charge is -2.19. The molecule has 12 heteroatoms. The highest BCUT2D eigenvalue weighted by molar-refractivity contribution is 7.89. The van der Waals surface area contributed by atoms with E-state index in [9.17, 15) is 22.8 Å². The second-order valence-corrected chi connectivity index (χ2v) is 9.77. The average Bonchev–Trinajstić information content (AvgIpc) is 3.33. The third kappa shape index (κ3) is 6.21. The Kier molecular flexibility index (Phi) is 7.90. The molecule has 0 saturated carbocycles. The van der Waals surface area contributed by atoms with E-state index in [0.717, 1.165) is 12.8 Å². The van der Waals surface area contributed by atoms with Crippen molar-refractivity contribution in [3.63, 3.8) is 0 Å². The molecule has 5 N–H and O–H groups in total. The van der Waals surface area contributed by atoms with E-state index >= 15 is 0 Å². The molecule has 3 rings (SSSR count). The maximum Gasteiger partial charge on any atom is 0.312 e. The van der Waals surface area contributed by atoms with Gasteiger partial charge in [0, 0.05) is 23.7 Å². The number of primary amides is 1. The summed E-state index contributed by atoms with van der Waals surface area (Å²) in [4.78, 5) is 36.2. The second-order valence-electron chi connectivity index (χ2n) is 7.43. The Bertz CT molecular complexity index is 1150. The molecule has 10 nitrogen and oxygen atoms in total. The Morgan fingerprint density at radius 1 is 1.03 bits per heavy atom. The molecule has 2 aromatic carbocycles. The molecule has 0 unspecified atom stereocenters. The smallest absolute Gasteiger partial charge is 0.312 e. The lowest BCUT2D eigenvalue weighted by molar-refractivity contribution is -0.122. The minimum absolute atomic E-state index is 0.00724. The molecule has 2 aromatic rings. The topological polar surface area (TPSA) is 151 Å². The maximum atomic E-state index is 12.7. The highest BCUT2D eigenvalue weighted by atomic mass is 35.5. The number of hydrazine groups is 1. The number of carbonyl (C=O) groups is 3. The Hall–Kier alpha value is -3.15. The van der Waals surface area contributed by atoms with E-state index in [1.54, 1.807) is 24.3 Å². The van der Waals surface area contributed by atoms with Crippen molar-refractivity contribution in [3.8, 4) is 0 Å². The first-order valence-corrected chi connectivity index (χ1v) is 12.0. The number of hydrogen-bond acceptors (Lipinski definition) is 5. The van der Waals surface area contributed by atoms with Crippen LogP contribution in [-0.2, 0) is 14.8 Å². The van der Waals surface area contributed by atoms with Crippen LogP contribution >= 0.6 is 11.6 Å². The normalized spacial score (nSPS) is 14.9. The quantitative estimate of drug-likeness (QED) is 0.433. The molecule has 1 atom stereocenters. The van der Waals surface area contributed by atoms with E-state index in [1.165, 1.54) is 28.6 Å². The highest BCUT2D eigenvalue weighted by Gasteiger charge is 2.27. The van der Waals surface area contributed by atoms with Gasteiger partial charge < -0.3 is 11.1 Å². The maximum absolute atomic E-state index is 12.7. The summed E-state index contributed by atoms with van der Waals surface area (Å²) in [5, 5.41) is 2.78. The summed E-state index contributed by atoms with van der Waals surface area (Å²) < 4.78 is 26.8. The van der Waals surface area contributed by atoms with Gasteiger partial charge in [-0.2, -0.15) is 4.31 Å². The number of nitrogens with one attached hydrogen (secondary N) is 3.